The van der Waals surface area contributed by atoms with E-state index < -0.39 is 0 Å². The second-order valence-corrected chi connectivity index (χ2v) is 7.82. The van der Waals surface area contributed by atoms with Crippen molar-refractivity contribution < 1.29 is 9.63 Å². The normalized spacial score (nSPS) is 9.88. The van der Waals surface area contributed by atoms with Crippen LogP contribution in [-0.2, 0) is 9.63 Å². The highest BCUT2D eigenvalue weighted by atomic mass is 28.3. The summed E-state index contributed by atoms with van der Waals surface area (Å²) in [4.78, 5) is 15.8. The van der Waals surface area contributed by atoms with Gasteiger partial charge in [-0.05, 0) is 20.8 Å². The molecule has 0 aromatic rings. The monoisotopic (exact) mass is 259 g/mol. The molecule has 0 saturated heterocycles. The minimum Gasteiger partial charge on any atom is -0.364 e. The Morgan fingerprint density at radius 1 is 1.24 bits per heavy atom. The molecule has 0 heterocycles. The predicted molar refractivity (Wildman–Crippen MR) is 77.8 cm³/mol. The maximum atomic E-state index is 10.9. The zero-order valence-corrected chi connectivity index (χ0v) is 13.5. The third-order valence-corrected chi connectivity index (χ3v) is 3.86. The minimum atomic E-state index is -0.353. The molecular formula is C13H29NO2Si. The Morgan fingerprint density at radius 3 is 1.88 bits per heavy atom. The molecule has 0 N–H and O–H groups in total. The molecule has 0 aliphatic rings. The first kappa shape index (κ1) is 18.7. The largest absolute Gasteiger partial charge is 0.364 e. The second kappa shape index (κ2) is 11.9. The molecule has 0 unspecified atom stereocenters. The lowest BCUT2D eigenvalue weighted by Gasteiger charge is -2.16. The van der Waals surface area contributed by atoms with Gasteiger partial charge < -0.3 is 4.84 Å². The summed E-state index contributed by atoms with van der Waals surface area (Å²) in [5, 5.41) is 1.58. The number of carbonyl (C=O) groups is 1. The van der Waals surface area contributed by atoms with Gasteiger partial charge >= 0.3 is 5.97 Å². The Balaban J connectivity index is 0. The van der Waals surface area contributed by atoms with E-state index in [0.717, 1.165) is 0 Å². The molecule has 0 saturated carbocycles. The van der Waals surface area contributed by atoms with Crippen LogP contribution in [0.3, 0.4) is 0 Å². The van der Waals surface area contributed by atoms with Crippen molar-refractivity contribution >= 4 is 14.8 Å². The molecule has 0 fully saturated rings. The van der Waals surface area contributed by atoms with Crippen LogP contribution in [0.15, 0.2) is 12.2 Å². The average molecular weight is 259 g/mol. The van der Waals surface area contributed by atoms with E-state index in [0.29, 0.717) is 18.7 Å². The van der Waals surface area contributed by atoms with Crippen molar-refractivity contribution in [1.29, 1.82) is 0 Å². The summed E-state index contributed by atoms with van der Waals surface area (Å²) in [7, 11) is -0.171. The smallest absolute Gasteiger partial charge is 0.352 e. The van der Waals surface area contributed by atoms with Crippen molar-refractivity contribution in [3.8, 4) is 0 Å². The molecule has 0 aromatic heterocycles. The molecule has 0 aliphatic heterocycles. The summed E-state index contributed by atoms with van der Waals surface area (Å²) in [6, 6.07) is 1.51. The van der Waals surface area contributed by atoms with Crippen LogP contribution in [-0.4, -0.2) is 32.9 Å². The lowest BCUT2D eigenvalue weighted by molar-refractivity contribution is -0.183. The molecule has 0 amide bonds. The second-order valence-electron chi connectivity index (χ2n) is 4.46. The van der Waals surface area contributed by atoms with Crippen molar-refractivity contribution in [3.05, 3.63) is 12.2 Å². The molecule has 0 aliphatic carbocycles. The van der Waals surface area contributed by atoms with Gasteiger partial charge in [0, 0.05) is 27.5 Å². The van der Waals surface area contributed by atoms with E-state index in [4.69, 9.17) is 4.84 Å². The third-order valence-electron chi connectivity index (χ3n) is 2.13. The van der Waals surface area contributed by atoms with Gasteiger partial charge in [0.05, 0.1) is 0 Å². The predicted octanol–water partition coefficient (Wildman–Crippen LogP) is 3.25. The van der Waals surface area contributed by atoms with Crippen molar-refractivity contribution in [3.63, 3.8) is 0 Å². The Hall–Kier alpha value is -0.613. The molecule has 0 bridgehead atoms. The van der Waals surface area contributed by atoms with E-state index in [9.17, 15) is 4.79 Å². The highest BCUT2D eigenvalue weighted by Crippen LogP contribution is 1.96. The maximum absolute atomic E-state index is 10.9. The first-order valence-corrected chi connectivity index (χ1v) is 9.64. The van der Waals surface area contributed by atoms with E-state index in [1.165, 1.54) is 12.5 Å². The van der Waals surface area contributed by atoms with Crippen LogP contribution < -0.4 is 0 Å². The van der Waals surface area contributed by atoms with Crippen molar-refractivity contribution in [2.45, 2.75) is 53.3 Å². The fraction of sp³-hybridized carbons (Fsp3) is 0.769. The Morgan fingerprint density at radius 2 is 1.71 bits per heavy atom. The number of hydrogen-bond acceptors (Lipinski definition) is 3. The lowest BCUT2D eigenvalue weighted by Crippen LogP contribution is -2.27. The van der Waals surface area contributed by atoms with Gasteiger partial charge in [-0.15, -0.1) is 5.06 Å². The Bertz CT molecular complexity index is 213. The number of rotatable bonds is 6. The van der Waals surface area contributed by atoms with E-state index in [2.05, 4.69) is 26.6 Å². The van der Waals surface area contributed by atoms with Gasteiger partial charge in [0.25, 0.3) is 0 Å². The highest BCUT2D eigenvalue weighted by molar-refractivity contribution is 6.55. The van der Waals surface area contributed by atoms with Crippen LogP contribution in [0.25, 0.3) is 0 Å². The fourth-order valence-corrected chi connectivity index (χ4v) is 2.28. The molecule has 0 aromatic carbocycles. The molecule has 0 rings (SSSR count). The van der Waals surface area contributed by atoms with Crippen molar-refractivity contribution in [2.24, 2.45) is 0 Å². The fourth-order valence-electron chi connectivity index (χ4n) is 1.13. The van der Waals surface area contributed by atoms with Gasteiger partial charge in [-0.2, -0.15) is 0 Å². The Labute approximate surface area is 108 Å². The summed E-state index contributed by atoms with van der Waals surface area (Å²) in [5.74, 6) is -0.353. The Kier molecular flexibility index (Phi) is 13.1. The summed E-state index contributed by atoms with van der Waals surface area (Å²) in [5.41, 5.74) is 0.428. The SMILES string of the molecule is C=C(C)C(=O)ON(CC)CC.CCC[SiH](C)C. The number of carbonyl (C=O) groups excluding carboxylic acids is 1. The number of hydrogen-bond donors (Lipinski definition) is 0. The van der Waals surface area contributed by atoms with Crippen LogP contribution in [0.4, 0.5) is 0 Å². The lowest BCUT2D eigenvalue weighted by atomic mass is 10.4. The molecule has 0 spiro atoms. The van der Waals surface area contributed by atoms with Gasteiger partial charge in [-0.25, -0.2) is 4.79 Å². The zero-order valence-electron chi connectivity index (χ0n) is 12.4. The van der Waals surface area contributed by atoms with Gasteiger partial charge in [0.15, 0.2) is 0 Å². The van der Waals surface area contributed by atoms with Gasteiger partial charge in [-0.1, -0.05) is 39.1 Å². The number of nitrogens with zero attached hydrogens (tertiary/aromatic N) is 1. The van der Waals surface area contributed by atoms with E-state index in [1.54, 1.807) is 12.0 Å². The van der Waals surface area contributed by atoms with Gasteiger partial charge in [-0.3, -0.25) is 0 Å². The topological polar surface area (TPSA) is 29.5 Å². The zero-order chi connectivity index (χ0) is 13.8. The first-order valence-electron chi connectivity index (χ1n) is 6.51. The molecule has 4 heteroatoms. The van der Waals surface area contributed by atoms with E-state index in [-0.39, 0.29) is 14.8 Å². The maximum Gasteiger partial charge on any atom is 0.352 e. The first-order chi connectivity index (χ1) is 7.88. The molecule has 17 heavy (non-hydrogen) atoms. The third kappa shape index (κ3) is 13.3. The number of hydroxylamine groups is 2. The van der Waals surface area contributed by atoms with Crippen LogP contribution >= 0.6 is 0 Å². The summed E-state index contributed by atoms with van der Waals surface area (Å²) >= 11 is 0. The standard InChI is InChI=1S/C8H15NO2.C5H14Si/c1-5-9(6-2)11-8(10)7(3)4;1-4-5-6(2)3/h3,5-6H2,1-2,4H3;6H,4-5H2,1-3H3. The summed E-state index contributed by atoms with van der Waals surface area (Å²) in [6.45, 7) is 17.4. The molecule has 3 nitrogen and oxygen atoms in total. The molecule has 0 atom stereocenters. The highest BCUT2D eigenvalue weighted by Gasteiger charge is 2.07. The minimum absolute atomic E-state index is 0.171. The van der Waals surface area contributed by atoms with Gasteiger partial charge in [0.2, 0.25) is 0 Å². The molecule has 102 valence electrons. The van der Waals surface area contributed by atoms with Crippen LogP contribution in [0.2, 0.25) is 19.1 Å². The van der Waals surface area contributed by atoms with E-state index >= 15 is 0 Å². The van der Waals surface area contributed by atoms with Crippen LogP contribution in [0.5, 0.6) is 0 Å². The van der Waals surface area contributed by atoms with Crippen LogP contribution in [0, 0.1) is 0 Å². The van der Waals surface area contributed by atoms with E-state index in [1.807, 2.05) is 13.8 Å². The van der Waals surface area contributed by atoms with Crippen LogP contribution in [0.1, 0.15) is 34.1 Å². The molecular weight excluding hydrogens is 230 g/mol. The quantitative estimate of drug-likeness (QED) is 0.417. The molecule has 0 radical (unpaired) electrons. The summed E-state index contributed by atoms with van der Waals surface area (Å²) < 4.78 is 0. The van der Waals surface area contributed by atoms with Gasteiger partial charge in [0.1, 0.15) is 0 Å². The summed E-state index contributed by atoms with van der Waals surface area (Å²) in [6.07, 6.45) is 1.39. The van der Waals surface area contributed by atoms with Crippen molar-refractivity contribution in [1.82, 2.24) is 5.06 Å². The average Bonchev–Trinajstić information content (AvgIpc) is 2.25. The van der Waals surface area contributed by atoms with Crippen molar-refractivity contribution in [2.75, 3.05) is 13.1 Å².